The van der Waals surface area contributed by atoms with Crippen molar-refractivity contribution in [3.05, 3.63) is 38.3 Å². The molecule has 96 valence electrons. The van der Waals surface area contributed by atoms with E-state index in [2.05, 4.69) is 22.0 Å². The summed E-state index contributed by atoms with van der Waals surface area (Å²) in [7, 11) is 0. The summed E-state index contributed by atoms with van der Waals surface area (Å²) in [5.41, 5.74) is 0.862. The molecule has 0 fully saturated rings. The van der Waals surface area contributed by atoms with E-state index in [1.165, 1.54) is 6.07 Å². The number of nitro groups is 1. The zero-order chi connectivity index (χ0) is 13.7. The molecule has 5 nitrogen and oxygen atoms in total. The van der Waals surface area contributed by atoms with Crippen molar-refractivity contribution in [3.8, 4) is 6.07 Å². The second-order valence-electron chi connectivity index (χ2n) is 4.16. The molecule has 0 radical (unpaired) electrons. The van der Waals surface area contributed by atoms with Crippen LogP contribution < -0.4 is 0 Å². The highest BCUT2D eigenvalue weighted by Gasteiger charge is 2.17. The van der Waals surface area contributed by atoms with Crippen LogP contribution in [0.3, 0.4) is 0 Å². The van der Waals surface area contributed by atoms with Crippen molar-refractivity contribution in [1.82, 2.24) is 4.90 Å². The summed E-state index contributed by atoms with van der Waals surface area (Å²) in [5.74, 6) is 0. The van der Waals surface area contributed by atoms with Gasteiger partial charge in [-0.15, -0.1) is 0 Å². The Kier molecular flexibility index (Phi) is 5.25. The van der Waals surface area contributed by atoms with Crippen molar-refractivity contribution in [3.63, 3.8) is 0 Å². The molecule has 0 saturated heterocycles. The van der Waals surface area contributed by atoms with Gasteiger partial charge in [0.25, 0.3) is 5.69 Å². The lowest BCUT2D eigenvalue weighted by Gasteiger charge is -2.23. The molecule has 18 heavy (non-hydrogen) atoms. The maximum Gasteiger partial charge on any atom is 0.283 e. The quantitative estimate of drug-likeness (QED) is 0.476. The molecule has 0 aromatic heterocycles. The van der Waals surface area contributed by atoms with Crippen LogP contribution in [0.15, 0.2) is 22.7 Å². The minimum atomic E-state index is -0.419. The maximum absolute atomic E-state index is 10.8. The van der Waals surface area contributed by atoms with E-state index in [1.54, 1.807) is 6.07 Å². The van der Waals surface area contributed by atoms with Crippen LogP contribution in [0.5, 0.6) is 0 Å². The van der Waals surface area contributed by atoms with Crippen LogP contribution in [0.25, 0.3) is 0 Å². The third-order valence-electron chi connectivity index (χ3n) is 2.63. The highest BCUT2D eigenvalue weighted by atomic mass is 79.9. The largest absolute Gasteiger partial charge is 0.284 e. The molecule has 0 aliphatic carbocycles. The fraction of sp³-hybridized carbons (Fsp3) is 0.417. The van der Waals surface area contributed by atoms with E-state index >= 15 is 0 Å². The zero-order valence-electron chi connectivity index (χ0n) is 10.3. The van der Waals surface area contributed by atoms with Gasteiger partial charge >= 0.3 is 0 Å². The van der Waals surface area contributed by atoms with Crippen molar-refractivity contribution in [2.75, 3.05) is 6.54 Å². The number of halogens is 1. The molecule has 0 bridgehead atoms. The molecule has 0 atom stereocenters. The monoisotopic (exact) mass is 311 g/mol. The van der Waals surface area contributed by atoms with Gasteiger partial charge in [-0.05, 0) is 35.3 Å². The van der Waals surface area contributed by atoms with Crippen LogP contribution in [0, 0.1) is 21.4 Å². The summed E-state index contributed by atoms with van der Waals surface area (Å²) in [6.45, 7) is 4.78. The summed E-state index contributed by atoms with van der Waals surface area (Å²) >= 11 is 3.26. The predicted octanol–water partition coefficient (Wildman–Crippen LogP) is 3.09. The highest BCUT2D eigenvalue weighted by molar-refractivity contribution is 9.10. The van der Waals surface area contributed by atoms with E-state index in [0.29, 0.717) is 17.6 Å². The number of rotatable bonds is 5. The molecular formula is C12H14BrN3O2. The van der Waals surface area contributed by atoms with Gasteiger partial charge in [-0.3, -0.25) is 15.0 Å². The smallest absolute Gasteiger partial charge is 0.283 e. The lowest BCUT2D eigenvalue weighted by atomic mass is 10.1. The molecule has 0 saturated carbocycles. The number of nitrogens with zero attached hydrogens (tertiary/aromatic N) is 3. The average molecular weight is 312 g/mol. The molecule has 0 aliphatic rings. The molecule has 0 heterocycles. The van der Waals surface area contributed by atoms with E-state index in [4.69, 9.17) is 5.26 Å². The molecule has 0 aliphatic heterocycles. The van der Waals surface area contributed by atoms with Gasteiger partial charge in [0.2, 0.25) is 0 Å². The molecule has 1 aromatic carbocycles. The van der Waals surface area contributed by atoms with Crippen LogP contribution in [0.1, 0.15) is 19.4 Å². The first-order valence-corrected chi connectivity index (χ1v) is 6.29. The normalized spacial score (nSPS) is 10.7. The summed E-state index contributed by atoms with van der Waals surface area (Å²) < 4.78 is 0.485. The van der Waals surface area contributed by atoms with Gasteiger partial charge in [-0.1, -0.05) is 12.1 Å². The molecule has 6 heteroatoms. The second-order valence-corrected chi connectivity index (χ2v) is 4.96. The first kappa shape index (κ1) is 14.6. The molecule has 0 N–H and O–H groups in total. The first-order chi connectivity index (χ1) is 8.47. The second kappa shape index (κ2) is 6.47. The third-order valence-corrected chi connectivity index (χ3v) is 3.55. The van der Waals surface area contributed by atoms with Crippen LogP contribution in [-0.2, 0) is 6.54 Å². The Morgan fingerprint density at radius 1 is 1.56 bits per heavy atom. The van der Waals surface area contributed by atoms with Gasteiger partial charge in [-0.25, -0.2) is 0 Å². The van der Waals surface area contributed by atoms with Gasteiger partial charge in [0.1, 0.15) is 0 Å². The van der Waals surface area contributed by atoms with Gasteiger partial charge < -0.3 is 0 Å². The van der Waals surface area contributed by atoms with E-state index in [0.717, 1.165) is 5.56 Å². The van der Waals surface area contributed by atoms with Crippen LogP contribution >= 0.6 is 15.9 Å². The number of nitro benzene ring substituents is 1. The number of benzene rings is 1. The first-order valence-electron chi connectivity index (χ1n) is 5.50. The summed E-state index contributed by atoms with van der Waals surface area (Å²) in [6.07, 6.45) is 0. The summed E-state index contributed by atoms with van der Waals surface area (Å²) in [5, 5.41) is 19.6. The lowest BCUT2D eigenvalue weighted by Crippen LogP contribution is -2.30. The van der Waals surface area contributed by atoms with E-state index in [-0.39, 0.29) is 11.7 Å². The van der Waals surface area contributed by atoms with Crippen molar-refractivity contribution in [2.24, 2.45) is 0 Å². The van der Waals surface area contributed by atoms with E-state index in [9.17, 15) is 10.1 Å². The van der Waals surface area contributed by atoms with Gasteiger partial charge in [-0.2, -0.15) is 5.26 Å². The lowest BCUT2D eigenvalue weighted by molar-refractivity contribution is -0.385. The molecule has 0 spiro atoms. The Labute approximate surface area is 114 Å². The molecule has 0 unspecified atom stereocenters. The van der Waals surface area contributed by atoms with E-state index < -0.39 is 4.92 Å². The van der Waals surface area contributed by atoms with Crippen molar-refractivity contribution in [1.29, 1.82) is 5.26 Å². The fourth-order valence-electron chi connectivity index (χ4n) is 1.56. The van der Waals surface area contributed by atoms with E-state index in [1.807, 2.05) is 24.8 Å². The Morgan fingerprint density at radius 2 is 2.22 bits per heavy atom. The average Bonchev–Trinajstić information content (AvgIpc) is 2.30. The molecule has 1 rings (SSSR count). The van der Waals surface area contributed by atoms with Crippen LogP contribution in [-0.4, -0.2) is 22.4 Å². The van der Waals surface area contributed by atoms with Gasteiger partial charge in [0.15, 0.2) is 0 Å². The van der Waals surface area contributed by atoms with Crippen molar-refractivity contribution in [2.45, 2.75) is 26.4 Å². The fourth-order valence-corrected chi connectivity index (χ4v) is 2.09. The SMILES string of the molecule is CC(C)N(CC#N)Cc1cccc([N+](=O)[O-])c1Br. The maximum atomic E-state index is 10.8. The molecule has 1 aromatic rings. The molecule has 0 amide bonds. The standard InChI is InChI=1S/C12H14BrN3O2/c1-9(2)15(7-6-14)8-10-4-3-5-11(12(10)13)16(17)18/h3-5,9H,7-8H2,1-2H3. The Balaban J connectivity index is 3.00. The number of hydrogen-bond acceptors (Lipinski definition) is 4. The minimum absolute atomic E-state index is 0.0492. The van der Waals surface area contributed by atoms with Crippen molar-refractivity contribution >= 4 is 21.6 Å². The zero-order valence-corrected chi connectivity index (χ0v) is 11.8. The molecular weight excluding hydrogens is 298 g/mol. The third kappa shape index (κ3) is 3.52. The summed E-state index contributed by atoms with van der Waals surface area (Å²) in [6, 6.07) is 7.24. The predicted molar refractivity (Wildman–Crippen MR) is 72.0 cm³/mol. The van der Waals surface area contributed by atoms with Crippen LogP contribution in [0.2, 0.25) is 0 Å². The summed E-state index contributed by atoms with van der Waals surface area (Å²) in [4.78, 5) is 12.4. The number of nitriles is 1. The number of hydrogen-bond donors (Lipinski definition) is 0. The van der Waals surface area contributed by atoms with Gasteiger partial charge in [0.05, 0.1) is 22.0 Å². The Hall–Kier alpha value is -1.45. The topological polar surface area (TPSA) is 70.2 Å². The Bertz CT molecular complexity index is 483. The van der Waals surface area contributed by atoms with Gasteiger partial charge in [0, 0.05) is 18.7 Å². The minimum Gasteiger partial charge on any atom is -0.284 e. The van der Waals surface area contributed by atoms with Crippen LogP contribution in [0.4, 0.5) is 5.69 Å². The van der Waals surface area contributed by atoms with Crippen molar-refractivity contribution < 1.29 is 4.92 Å². The Morgan fingerprint density at radius 3 is 2.72 bits per heavy atom. The highest BCUT2D eigenvalue weighted by Crippen LogP contribution is 2.29.